The number of anilines is 1. The van der Waals surface area contributed by atoms with Gasteiger partial charge in [-0.25, -0.2) is 9.59 Å². The molecule has 4 heterocycles. The molecule has 3 aromatic carbocycles. The number of carbonyl (C=O) groups excluding carboxylic acids is 1. The van der Waals surface area contributed by atoms with Crippen molar-refractivity contribution in [3.63, 3.8) is 0 Å². The molecule has 1 unspecified atom stereocenters. The highest BCUT2D eigenvalue weighted by Crippen LogP contribution is 2.41. The van der Waals surface area contributed by atoms with Gasteiger partial charge in [-0.1, -0.05) is 59.6 Å². The molecule has 3 fully saturated rings. The van der Waals surface area contributed by atoms with Crippen LogP contribution >= 0.6 is 23.2 Å². The molecular weight excluding hydrogens is 669 g/mol. The molecule has 3 aliphatic heterocycles. The Balaban J connectivity index is 1.48. The van der Waals surface area contributed by atoms with E-state index in [1.54, 1.807) is 23.1 Å². The van der Waals surface area contributed by atoms with E-state index in [0.29, 0.717) is 56.6 Å². The van der Waals surface area contributed by atoms with Crippen molar-refractivity contribution in [1.29, 1.82) is 0 Å². The summed E-state index contributed by atoms with van der Waals surface area (Å²) in [6.45, 7) is 2.73. The first kappa shape index (κ1) is 34.4. The number of pyridine rings is 1. The SMILES string of the molecule is COc1ccc(C(Cc2c(Cl)c[n+]([O-])cc2Cl)c2c(CN(C(=O)O[C@H]3CN4CCC3CC4)c3ccccc3)cccc2C(=O)O)cc1OC. The monoisotopic (exact) mass is 705 g/mol. The van der Waals surface area contributed by atoms with Crippen LogP contribution in [0.15, 0.2) is 79.1 Å². The van der Waals surface area contributed by atoms with Crippen molar-refractivity contribution in [3.05, 3.63) is 122 Å². The van der Waals surface area contributed by atoms with E-state index >= 15 is 0 Å². The fraction of sp³-hybridized carbons (Fsp3) is 0.324. The van der Waals surface area contributed by atoms with Gasteiger partial charge < -0.3 is 24.5 Å². The Kier molecular flexibility index (Phi) is 10.5. The maximum atomic E-state index is 14.1. The molecule has 0 spiro atoms. The summed E-state index contributed by atoms with van der Waals surface area (Å²) in [6, 6.07) is 19.6. The van der Waals surface area contributed by atoms with Crippen LogP contribution in [0.3, 0.4) is 0 Å². The lowest BCUT2D eigenvalue weighted by Crippen LogP contribution is -2.53. The third-order valence-corrected chi connectivity index (χ3v) is 10.2. The van der Waals surface area contributed by atoms with Gasteiger partial charge in [0, 0.05) is 23.7 Å². The van der Waals surface area contributed by atoms with E-state index in [1.165, 1.54) is 32.7 Å². The van der Waals surface area contributed by atoms with E-state index in [9.17, 15) is 19.9 Å². The van der Waals surface area contributed by atoms with Crippen LogP contribution in [-0.4, -0.2) is 62.0 Å². The van der Waals surface area contributed by atoms with Crippen LogP contribution < -0.4 is 19.1 Å². The average Bonchev–Trinajstić information content (AvgIpc) is 3.11. The number of para-hydroxylation sites is 1. The van der Waals surface area contributed by atoms with Crippen molar-refractivity contribution >= 4 is 41.0 Å². The first-order chi connectivity index (χ1) is 23.7. The summed E-state index contributed by atoms with van der Waals surface area (Å²) >= 11 is 13.2. The Bertz CT molecular complexity index is 1810. The summed E-state index contributed by atoms with van der Waals surface area (Å²) < 4.78 is 17.8. The maximum absolute atomic E-state index is 14.1. The number of piperidine rings is 3. The molecule has 12 heteroatoms. The highest BCUT2D eigenvalue weighted by Gasteiger charge is 2.38. The number of ether oxygens (including phenoxy) is 3. The van der Waals surface area contributed by atoms with Gasteiger partial charge in [-0.05, 0) is 85.3 Å². The van der Waals surface area contributed by atoms with Crippen LogP contribution in [0, 0.1) is 11.1 Å². The zero-order valence-corrected chi connectivity index (χ0v) is 28.7. The molecule has 1 amide bonds. The van der Waals surface area contributed by atoms with Crippen molar-refractivity contribution in [2.24, 2.45) is 5.92 Å². The number of aromatic carboxylic acids is 1. The van der Waals surface area contributed by atoms with Gasteiger partial charge in [0.2, 0.25) is 0 Å². The summed E-state index contributed by atoms with van der Waals surface area (Å²) in [5.41, 5.74) is 2.82. The van der Waals surface area contributed by atoms with Gasteiger partial charge in [0.15, 0.2) is 23.9 Å². The molecule has 1 N–H and O–H groups in total. The minimum atomic E-state index is -1.15. The van der Waals surface area contributed by atoms with Crippen molar-refractivity contribution in [2.45, 2.75) is 37.8 Å². The number of carboxylic acids is 1. The molecule has 3 saturated heterocycles. The molecular formula is C37H37Cl2N3O7. The number of hydrogen-bond donors (Lipinski definition) is 1. The fourth-order valence-electron chi connectivity index (χ4n) is 7.01. The van der Waals surface area contributed by atoms with Gasteiger partial charge in [-0.15, -0.1) is 0 Å². The lowest BCUT2D eigenvalue weighted by Gasteiger charge is -2.44. The number of carboxylic acid groups (broad SMARTS) is 1. The normalized spacial score (nSPS) is 18.8. The Morgan fingerprint density at radius 2 is 1.67 bits per heavy atom. The Morgan fingerprint density at radius 1 is 0.980 bits per heavy atom. The Hall–Kier alpha value is -4.51. The van der Waals surface area contributed by atoms with Crippen molar-refractivity contribution in [2.75, 3.05) is 38.8 Å². The average molecular weight is 707 g/mol. The number of rotatable bonds is 11. The smallest absolute Gasteiger partial charge is 0.414 e. The molecule has 7 rings (SSSR count). The molecule has 0 aliphatic carbocycles. The number of nitrogens with zero attached hydrogens (tertiary/aromatic N) is 3. The van der Waals surface area contributed by atoms with Crippen LogP contribution in [0.5, 0.6) is 11.5 Å². The van der Waals surface area contributed by atoms with Crippen molar-refractivity contribution in [3.8, 4) is 11.5 Å². The third kappa shape index (κ3) is 7.41. The van der Waals surface area contributed by atoms with E-state index in [2.05, 4.69) is 4.90 Å². The molecule has 2 atom stereocenters. The first-order valence-corrected chi connectivity index (χ1v) is 16.8. The van der Waals surface area contributed by atoms with Gasteiger partial charge in [0.05, 0.1) is 26.3 Å². The van der Waals surface area contributed by atoms with Crippen molar-refractivity contribution < 1.29 is 33.6 Å². The molecule has 3 aliphatic rings. The second-order valence-electron chi connectivity index (χ2n) is 12.3. The molecule has 0 saturated carbocycles. The van der Waals surface area contributed by atoms with E-state index in [-0.39, 0.29) is 34.7 Å². The number of methoxy groups -OCH3 is 2. The molecule has 4 aromatic rings. The molecule has 49 heavy (non-hydrogen) atoms. The fourth-order valence-corrected chi connectivity index (χ4v) is 7.61. The van der Waals surface area contributed by atoms with Gasteiger partial charge in [0.1, 0.15) is 16.1 Å². The number of hydrogen-bond acceptors (Lipinski definition) is 7. The summed E-state index contributed by atoms with van der Waals surface area (Å²) in [6.07, 6.45) is 3.78. The Morgan fingerprint density at radius 3 is 2.29 bits per heavy atom. The quantitative estimate of drug-likeness (QED) is 0.132. The zero-order chi connectivity index (χ0) is 34.7. The standard InChI is InChI=1S/C37H37Cl2N3O7/c1-47-32-12-11-24(17-33(32)48-2)28(18-29-30(38)20-41(46)21-31(29)39)35-25(7-6-10-27(35)36(43)44)19-42(26-8-4-3-5-9-26)37(45)49-34-22-40-15-13-23(34)14-16-40/h3-12,17,20-21,23,28,34H,13-16,18-19,22H2,1-2H3,(H,43,44)/t28?,34-/m0/s1. The zero-order valence-electron chi connectivity index (χ0n) is 27.2. The van der Waals surface area contributed by atoms with Crippen molar-refractivity contribution in [1.82, 2.24) is 4.90 Å². The van der Waals surface area contributed by atoms with Crippen LogP contribution in [-0.2, 0) is 17.7 Å². The second-order valence-corrected chi connectivity index (χ2v) is 13.1. The number of carbonyl (C=O) groups is 2. The van der Waals surface area contributed by atoms with Gasteiger partial charge in [-0.3, -0.25) is 9.80 Å². The maximum Gasteiger partial charge on any atom is 0.414 e. The minimum absolute atomic E-state index is 0.0149. The first-order valence-electron chi connectivity index (χ1n) is 16.1. The third-order valence-electron chi connectivity index (χ3n) is 9.52. The van der Waals surface area contributed by atoms with E-state index < -0.39 is 18.0 Å². The summed E-state index contributed by atoms with van der Waals surface area (Å²) in [4.78, 5) is 30.9. The highest BCUT2D eigenvalue weighted by atomic mass is 35.5. The van der Waals surface area contributed by atoms with Crippen LogP contribution in [0.1, 0.15) is 51.4 Å². The van der Waals surface area contributed by atoms with E-state index in [0.717, 1.165) is 25.9 Å². The van der Waals surface area contributed by atoms with E-state index in [1.807, 2.05) is 42.5 Å². The lowest BCUT2D eigenvalue weighted by atomic mass is 9.80. The number of benzene rings is 3. The topological polar surface area (TPSA) is 115 Å². The van der Waals surface area contributed by atoms with Crippen LogP contribution in [0.2, 0.25) is 10.0 Å². The predicted molar refractivity (Wildman–Crippen MR) is 186 cm³/mol. The molecule has 1 aromatic heterocycles. The predicted octanol–water partition coefficient (Wildman–Crippen LogP) is 6.95. The van der Waals surface area contributed by atoms with Crippen LogP contribution in [0.25, 0.3) is 0 Å². The van der Waals surface area contributed by atoms with Gasteiger partial charge in [-0.2, -0.15) is 4.73 Å². The van der Waals surface area contributed by atoms with Gasteiger partial charge >= 0.3 is 12.1 Å². The highest BCUT2D eigenvalue weighted by molar-refractivity contribution is 6.35. The lowest BCUT2D eigenvalue weighted by molar-refractivity contribution is -0.605. The number of aromatic nitrogens is 1. The number of amides is 1. The number of halogens is 2. The Labute approximate surface area is 294 Å². The summed E-state index contributed by atoms with van der Waals surface area (Å²) in [5.74, 6) is -0.582. The largest absolute Gasteiger partial charge is 0.619 e. The second kappa shape index (κ2) is 14.9. The van der Waals surface area contributed by atoms with Gasteiger partial charge in [0.25, 0.3) is 0 Å². The molecule has 256 valence electrons. The molecule has 0 radical (unpaired) electrons. The number of fused-ring (bicyclic) bond motifs is 3. The summed E-state index contributed by atoms with van der Waals surface area (Å²) in [5, 5.41) is 23.0. The minimum Gasteiger partial charge on any atom is -0.619 e. The molecule has 10 nitrogen and oxygen atoms in total. The van der Waals surface area contributed by atoms with Crippen LogP contribution in [0.4, 0.5) is 10.5 Å². The summed E-state index contributed by atoms with van der Waals surface area (Å²) in [7, 11) is 3.05. The van der Waals surface area contributed by atoms with E-state index in [4.69, 9.17) is 37.4 Å². The molecule has 2 bridgehead atoms.